The molecule has 20 heavy (non-hydrogen) atoms. The molecule has 2 atom stereocenters. The molecule has 108 valence electrons. The summed E-state index contributed by atoms with van der Waals surface area (Å²) in [7, 11) is 1.52. The summed E-state index contributed by atoms with van der Waals surface area (Å²) in [6, 6.07) is 6.05. The van der Waals surface area contributed by atoms with Crippen LogP contribution in [0.5, 0.6) is 0 Å². The van der Waals surface area contributed by atoms with Crippen molar-refractivity contribution < 1.29 is 9.59 Å². The molecule has 1 aliphatic rings. The summed E-state index contributed by atoms with van der Waals surface area (Å²) in [6.45, 7) is 4.17. The van der Waals surface area contributed by atoms with Crippen LogP contribution in [0, 0.1) is 12.8 Å². The van der Waals surface area contributed by atoms with Gasteiger partial charge in [0.1, 0.15) is 0 Å². The topological polar surface area (TPSA) is 70.2 Å². The van der Waals surface area contributed by atoms with Crippen LogP contribution in [-0.2, 0) is 11.2 Å². The minimum atomic E-state index is -0.351. The van der Waals surface area contributed by atoms with Crippen molar-refractivity contribution in [2.45, 2.75) is 26.3 Å². The Morgan fingerprint density at radius 1 is 1.35 bits per heavy atom. The Bertz CT molecular complexity index is 528. The van der Waals surface area contributed by atoms with Crippen LogP contribution < -0.4 is 16.0 Å². The van der Waals surface area contributed by atoms with Gasteiger partial charge in [-0.15, -0.1) is 0 Å². The highest BCUT2D eigenvalue weighted by Gasteiger charge is 2.30. The first-order chi connectivity index (χ1) is 9.51. The first-order valence-corrected chi connectivity index (χ1v) is 6.85. The molecular formula is C15H21N3O2. The van der Waals surface area contributed by atoms with Gasteiger partial charge in [0.2, 0.25) is 5.91 Å². The molecule has 0 saturated heterocycles. The Morgan fingerprint density at radius 3 is 2.80 bits per heavy atom. The number of nitrogens with one attached hydrogen (secondary N) is 3. The summed E-state index contributed by atoms with van der Waals surface area (Å²) in [5.74, 6) is 0.204. The van der Waals surface area contributed by atoms with Crippen molar-refractivity contribution in [3.05, 3.63) is 34.9 Å². The number of hydrogen-bond acceptors (Lipinski definition) is 2. The van der Waals surface area contributed by atoms with Gasteiger partial charge in [-0.1, -0.05) is 30.7 Å². The Morgan fingerprint density at radius 2 is 2.10 bits per heavy atom. The quantitative estimate of drug-likeness (QED) is 0.777. The monoisotopic (exact) mass is 275 g/mol. The number of fused-ring (bicyclic) bond motifs is 1. The van der Waals surface area contributed by atoms with Crippen LogP contribution in [-0.4, -0.2) is 25.5 Å². The maximum atomic E-state index is 11.9. The summed E-state index contributed by atoms with van der Waals surface area (Å²) >= 11 is 0. The molecule has 0 spiro atoms. The van der Waals surface area contributed by atoms with E-state index in [4.69, 9.17) is 0 Å². The third kappa shape index (κ3) is 3.10. The molecule has 0 bridgehead atoms. The molecule has 5 heteroatoms. The zero-order valence-corrected chi connectivity index (χ0v) is 12.1. The fourth-order valence-electron chi connectivity index (χ4n) is 2.65. The van der Waals surface area contributed by atoms with Gasteiger partial charge in [-0.05, 0) is 30.4 Å². The third-order valence-electron chi connectivity index (χ3n) is 3.70. The first-order valence-electron chi connectivity index (χ1n) is 6.85. The van der Waals surface area contributed by atoms with Crippen LogP contribution in [0.15, 0.2) is 18.2 Å². The molecule has 1 aromatic carbocycles. The lowest BCUT2D eigenvalue weighted by Crippen LogP contribution is -2.42. The molecule has 0 radical (unpaired) electrons. The second-order valence-corrected chi connectivity index (χ2v) is 5.36. The number of urea groups is 1. The van der Waals surface area contributed by atoms with Gasteiger partial charge < -0.3 is 16.0 Å². The van der Waals surface area contributed by atoms with E-state index in [9.17, 15) is 9.59 Å². The molecule has 5 nitrogen and oxygen atoms in total. The second kappa shape index (κ2) is 5.94. The number of carbonyl (C=O) groups is 2. The van der Waals surface area contributed by atoms with Crippen molar-refractivity contribution >= 4 is 11.9 Å². The number of amides is 3. The third-order valence-corrected chi connectivity index (χ3v) is 3.70. The van der Waals surface area contributed by atoms with Crippen molar-refractivity contribution in [3.8, 4) is 0 Å². The van der Waals surface area contributed by atoms with Gasteiger partial charge in [0.05, 0.1) is 12.6 Å². The van der Waals surface area contributed by atoms with E-state index in [0.29, 0.717) is 5.92 Å². The largest absolute Gasteiger partial charge is 0.347 e. The maximum Gasteiger partial charge on any atom is 0.314 e. The number of aryl methyl sites for hydroxylation is 1. The van der Waals surface area contributed by atoms with E-state index in [0.717, 1.165) is 6.42 Å². The van der Waals surface area contributed by atoms with Crippen LogP contribution in [0.4, 0.5) is 4.79 Å². The molecule has 1 aliphatic carbocycles. The molecular weight excluding hydrogens is 254 g/mol. The van der Waals surface area contributed by atoms with Gasteiger partial charge in [0, 0.05) is 7.05 Å². The fourth-order valence-corrected chi connectivity index (χ4v) is 2.65. The number of rotatable bonds is 3. The highest BCUT2D eigenvalue weighted by atomic mass is 16.2. The lowest BCUT2D eigenvalue weighted by molar-refractivity contribution is -0.121. The summed E-state index contributed by atoms with van der Waals surface area (Å²) in [4.78, 5) is 23.0. The molecule has 0 aromatic heterocycles. The van der Waals surface area contributed by atoms with Gasteiger partial charge >= 0.3 is 6.03 Å². The van der Waals surface area contributed by atoms with Gasteiger partial charge in [0.15, 0.2) is 0 Å². The average Bonchev–Trinajstić information content (AvgIpc) is 2.72. The Labute approximate surface area is 119 Å². The molecule has 3 N–H and O–H groups in total. The summed E-state index contributed by atoms with van der Waals surface area (Å²) in [5.41, 5.74) is 3.69. The lowest BCUT2D eigenvalue weighted by atomic mass is 10.0. The van der Waals surface area contributed by atoms with Crippen molar-refractivity contribution in [1.29, 1.82) is 0 Å². The minimum Gasteiger partial charge on any atom is -0.347 e. The van der Waals surface area contributed by atoms with Crippen LogP contribution >= 0.6 is 0 Å². The zero-order chi connectivity index (χ0) is 14.7. The van der Waals surface area contributed by atoms with Gasteiger partial charge in [-0.3, -0.25) is 4.79 Å². The smallest absolute Gasteiger partial charge is 0.314 e. The summed E-state index contributed by atoms with van der Waals surface area (Å²) in [5, 5.41) is 7.92. The van der Waals surface area contributed by atoms with Crippen LogP contribution in [0.3, 0.4) is 0 Å². The second-order valence-electron chi connectivity index (χ2n) is 5.36. The Kier molecular flexibility index (Phi) is 4.27. The lowest BCUT2D eigenvalue weighted by Gasteiger charge is -2.19. The number of hydrogen-bond donors (Lipinski definition) is 3. The van der Waals surface area contributed by atoms with E-state index in [2.05, 4.69) is 48.0 Å². The highest BCUT2D eigenvalue weighted by molar-refractivity contribution is 5.84. The highest BCUT2D eigenvalue weighted by Crippen LogP contribution is 2.36. The van der Waals surface area contributed by atoms with Crippen molar-refractivity contribution in [3.63, 3.8) is 0 Å². The van der Waals surface area contributed by atoms with E-state index in [-0.39, 0.29) is 24.5 Å². The van der Waals surface area contributed by atoms with Crippen molar-refractivity contribution in [2.24, 2.45) is 5.92 Å². The van der Waals surface area contributed by atoms with E-state index < -0.39 is 0 Å². The standard InChI is InChI=1S/C15H21N3O2/c1-9-4-5-11-7-10(2)14(12(11)6-9)18-13(19)8-17-15(20)16-3/h4-6,10,14H,7-8H2,1-3H3,(H,18,19)(H2,16,17,20)/t10-,14-/m1/s1. The normalized spacial score (nSPS) is 20.1. The van der Waals surface area contributed by atoms with Crippen LogP contribution in [0.25, 0.3) is 0 Å². The number of carbonyl (C=O) groups excluding carboxylic acids is 2. The van der Waals surface area contributed by atoms with Crippen LogP contribution in [0.1, 0.15) is 29.7 Å². The molecule has 0 fully saturated rings. The first kappa shape index (κ1) is 14.4. The van der Waals surface area contributed by atoms with Crippen molar-refractivity contribution in [1.82, 2.24) is 16.0 Å². The molecule has 0 heterocycles. The molecule has 0 unspecified atom stereocenters. The molecule has 3 amide bonds. The van der Waals surface area contributed by atoms with Crippen molar-refractivity contribution in [2.75, 3.05) is 13.6 Å². The molecule has 0 saturated carbocycles. The zero-order valence-electron chi connectivity index (χ0n) is 12.1. The van der Waals surface area contributed by atoms with E-state index in [1.165, 1.54) is 23.7 Å². The Balaban J connectivity index is 2.01. The summed E-state index contributed by atoms with van der Waals surface area (Å²) in [6.07, 6.45) is 0.976. The van der Waals surface area contributed by atoms with E-state index in [1.54, 1.807) is 0 Å². The predicted octanol–water partition coefficient (Wildman–Crippen LogP) is 1.27. The van der Waals surface area contributed by atoms with Gasteiger partial charge in [-0.2, -0.15) is 0 Å². The maximum absolute atomic E-state index is 11.9. The minimum absolute atomic E-state index is 0.00988. The van der Waals surface area contributed by atoms with Crippen LogP contribution in [0.2, 0.25) is 0 Å². The SMILES string of the molecule is CNC(=O)NCC(=O)N[C@H]1c2cc(C)ccc2C[C@H]1C. The fraction of sp³-hybridized carbons (Fsp3) is 0.467. The number of benzene rings is 1. The van der Waals surface area contributed by atoms with Gasteiger partial charge in [0.25, 0.3) is 0 Å². The van der Waals surface area contributed by atoms with Gasteiger partial charge in [-0.25, -0.2) is 4.79 Å². The molecule has 2 rings (SSSR count). The summed E-state index contributed by atoms with van der Waals surface area (Å²) < 4.78 is 0. The molecule has 0 aliphatic heterocycles. The molecule has 1 aromatic rings. The van der Waals surface area contributed by atoms with E-state index >= 15 is 0 Å². The predicted molar refractivity (Wildman–Crippen MR) is 77.4 cm³/mol. The Hall–Kier alpha value is -2.04. The average molecular weight is 275 g/mol. The van der Waals surface area contributed by atoms with E-state index in [1.807, 2.05) is 0 Å².